The van der Waals surface area contributed by atoms with Gasteiger partial charge in [-0.05, 0) is 12.0 Å². The van der Waals surface area contributed by atoms with Crippen molar-refractivity contribution in [2.24, 2.45) is 0 Å². The van der Waals surface area contributed by atoms with Gasteiger partial charge < -0.3 is 15.0 Å². The lowest BCUT2D eigenvalue weighted by atomic mass is 9.82. The molecule has 1 N–H and O–H groups in total. The summed E-state index contributed by atoms with van der Waals surface area (Å²) in [5, 5.41) is 3.35. The lowest BCUT2D eigenvalue weighted by molar-refractivity contribution is -0.131. The molecule has 3 rings (SSSR count). The van der Waals surface area contributed by atoms with Crippen LogP contribution in [-0.2, 0) is 14.9 Å². The van der Waals surface area contributed by atoms with E-state index in [0.717, 1.165) is 32.7 Å². The van der Waals surface area contributed by atoms with Gasteiger partial charge in [-0.3, -0.25) is 4.79 Å². The van der Waals surface area contributed by atoms with E-state index < -0.39 is 0 Å². The molecule has 22 heavy (non-hydrogen) atoms. The number of nitrogens with zero attached hydrogens (tertiary/aromatic N) is 1. The number of amides is 1. The number of carbonyl (C=O) groups is 1. The second-order valence-corrected chi connectivity index (χ2v) is 6.42. The summed E-state index contributed by atoms with van der Waals surface area (Å²) in [5.41, 5.74) is 1.42. The molecule has 0 radical (unpaired) electrons. The number of nitrogens with one attached hydrogen (secondary N) is 1. The van der Waals surface area contributed by atoms with Crippen molar-refractivity contribution in [3.63, 3.8) is 0 Å². The third kappa shape index (κ3) is 3.80. The molecular weight excluding hydrogens is 300 g/mol. The minimum absolute atomic E-state index is 0. The molecule has 0 aromatic heterocycles. The highest BCUT2D eigenvalue weighted by Gasteiger charge is 2.37. The van der Waals surface area contributed by atoms with Crippen LogP contribution in [-0.4, -0.2) is 49.7 Å². The fourth-order valence-electron chi connectivity index (χ4n) is 3.34. The molecular formula is C17H25ClN2O2. The largest absolute Gasteiger partial charge is 0.378 e. The standard InChI is InChI=1S/C17H24N2O2.ClH/c1-17(14-5-3-2-4-6-14)7-9-19(13-17)16(20)11-15-12-21-10-8-18-15;/h2-6,15,18H,7-13H2,1H3;1H. The van der Waals surface area contributed by atoms with Gasteiger partial charge in [-0.2, -0.15) is 0 Å². The predicted molar refractivity (Wildman–Crippen MR) is 89.5 cm³/mol. The van der Waals surface area contributed by atoms with E-state index in [-0.39, 0.29) is 29.8 Å². The number of rotatable bonds is 3. The van der Waals surface area contributed by atoms with E-state index in [1.54, 1.807) is 0 Å². The van der Waals surface area contributed by atoms with Crippen LogP contribution in [0.4, 0.5) is 0 Å². The fourth-order valence-corrected chi connectivity index (χ4v) is 3.34. The second-order valence-electron chi connectivity index (χ2n) is 6.42. The van der Waals surface area contributed by atoms with Gasteiger partial charge in [0.25, 0.3) is 0 Å². The number of hydrogen-bond donors (Lipinski definition) is 1. The summed E-state index contributed by atoms with van der Waals surface area (Å²) in [7, 11) is 0. The van der Waals surface area contributed by atoms with Crippen molar-refractivity contribution in [3.8, 4) is 0 Å². The number of benzene rings is 1. The summed E-state index contributed by atoms with van der Waals surface area (Å²) in [6.45, 7) is 6.19. The number of ether oxygens (including phenoxy) is 1. The molecule has 2 atom stereocenters. The van der Waals surface area contributed by atoms with Gasteiger partial charge in [-0.15, -0.1) is 12.4 Å². The van der Waals surface area contributed by atoms with Crippen LogP contribution >= 0.6 is 12.4 Å². The minimum atomic E-state index is 0. The Hall–Kier alpha value is -1.10. The predicted octanol–water partition coefficient (Wildman–Crippen LogP) is 1.98. The van der Waals surface area contributed by atoms with Gasteiger partial charge in [0.1, 0.15) is 0 Å². The van der Waals surface area contributed by atoms with Crippen molar-refractivity contribution in [1.82, 2.24) is 10.2 Å². The van der Waals surface area contributed by atoms with Crippen molar-refractivity contribution < 1.29 is 9.53 Å². The molecule has 0 aliphatic carbocycles. The Labute approximate surface area is 138 Å². The molecule has 0 spiro atoms. The molecule has 2 unspecified atom stereocenters. The van der Waals surface area contributed by atoms with Crippen molar-refractivity contribution in [2.75, 3.05) is 32.8 Å². The zero-order chi connectivity index (χ0) is 14.7. The number of likely N-dealkylation sites (tertiary alicyclic amines) is 1. The van der Waals surface area contributed by atoms with Gasteiger partial charge in [0.2, 0.25) is 5.91 Å². The SMILES string of the molecule is CC1(c2ccccc2)CCN(C(=O)CC2COCCN2)C1.Cl. The van der Waals surface area contributed by atoms with Crippen molar-refractivity contribution in [2.45, 2.75) is 31.2 Å². The summed E-state index contributed by atoms with van der Waals surface area (Å²) in [6, 6.07) is 10.7. The van der Waals surface area contributed by atoms with Crippen LogP contribution < -0.4 is 5.32 Å². The van der Waals surface area contributed by atoms with Crippen LogP contribution in [0.5, 0.6) is 0 Å². The van der Waals surface area contributed by atoms with Gasteiger partial charge in [0, 0.05) is 37.5 Å². The first-order valence-electron chi connectivity index (χ1n) is 7.82. The molecule has 2 heterocycles. The van der Waals surface area contributed by atoms with E-state index in [0.29, 0.717) is 13.0 Å². The first kappa shape index (κ1) is 17.3. The van der Waals surface area contributed by atoms with Crippen LogP contribution in [0, 0.1) is 0 Å². The molecule has 5 heteroatoms. The van der Waals surface area contributed by atoms with Gasteiger partial charge in [0.05, 0.1) is 13.2 Å². The summed E-state index contributed by atoms with van der Waals surface area (Å²) in [5.74, 6) is 0.248. The van der Waals surface area contributed by atoms with Gasteiger partial charge in [-0.1, -0.05) is 37.3 Å². The molecule has 1 aromatic rings. The average Bonchev–Trinajstić information content (AvgIpc) is 2.93. The zero-order valence-electron chi connectivity index (χ0n) is 13.1. The number of halogens is 1. The lowest BCUT2D eigenvalue weighted by Gasteiger charge is -2.27. The van der Waals surface area contributed by atoms with Crippen molar-refractivity contribution in [1.29, 1.82) is 0 Å². The maximum atomic E-state index is 12.5. The Bertz CT molecular complexity index is 491. The van der Waals surface area contributed by atoms with Gasteiger partial charge in [-0.25, -0.2) is 0 Å². The quantitative estimate of drug-likeness (QED) is 0.924. The lowest BCUT2D eigenvalue weighted by Crippen LogP contribution is -2.45. The summed E-state index contributed by atoms with van der Waals surface area (Å²) in [4.78, 5) is 14.5. The van der Waals surface area contributed by atoms with Crippen LogP contribution in [0.3, 0.4) is 0 Å². The smallest absolute Gasteiger partial charge is 0.224 e. The Morgan fingerprint density at radius 1 is 1.41 bits per heavy atom. The Kier molecular flexibility index (Phi) is 5.84. The second kappa shape index (κ2) is 7.44. The Balaban J connectivity index is 0.00000176. The molecule has 2 aliphatic rings. The van der Waals surface area contributed by atoms with Gasteiger partial charge >= 0.3 is 0 Å². The summed E-state index contributed by atoms with van der Waals surface area (Å²) < 4.78 is 5.42. The average molecular weight is 325 g/mol. The van der Waals surface area contributed by atoms with Crippen LogP contribution in [0.2, 0.25) is 0 Å². The fraction of sp³-hybridized carbons (Fsp3) is 0.588. The molecule has 122 valence electrons. The van der Waals surface area contributed by atoms with Crippen molar-refractivity contribution >= 4 is 18.3 Å². The molecule has 2 saturated heterocycles. The monoisotopic (exact) mass is 324 g/mol. The number of morpholine rings is 1. The highest BCUT2D eigenvalue weighted by molar-refractivity contribution is 5.85. The minimum Gasteiger partial charge on any atom is -0.378 e. The van der Waals surface area contributed by atoms with E-state index in [9.17, 15) is 4.79 Å². The highest BCUT2D eigenvalue weighted by Crippen LogP contribution is 2.34. The third-order valence-corrected chi connectivity index (χ3v) is 4.72. The van der Waals surface area contributed by atoms with E-state index >= 15 is 0 Å². The molecule has 4 nitrogen and oxygen atoms in total. The maximum Gasteiger partial charge on any atom is 0.224 e. The topological polar surface area (TPSA) is 41.6 Å². The maximum absolute atomic E-state index is 12.5. The summed E-state index contributed by atoms with van der Waals surface area (Å²) >= 11 is 0. The van der Waals surface area contributed by atoms with E-state index in [4.69, 9.17) is 4.74 Å². The molecule has 0 bridgehead atoms. The molecule has 2 fully saturated rings. The van der Waals surface area contributed by atoms with Crippen molar-refractivity contribution in [3.05, 3.63) is 35.9 Å². The van der Waals surface area contributed by atoms with E-state index in [1.807, 2.05) is 11.0 Å². The van der Waals surface area contributed by atoms with Gasteiger partial charge in [0.15, 0.2) is 0 Å². The van der Waals surface area contributed by atoms with Crippen LogP contribution in [0.25, 0.3) is 0 Å². The zero-order valence-corrected chi connectivity index (χ0v) is 13.9. The molecule has 1 aromatic carbocycles. The Morgan fingerprint density at radius 3 is 2.86 bits per heavy atom. The highest BCUT2D eigenvalue weighted by atomic mass is 35.5. The Morgan fingerprint density at radius 2 is 2.18 bits per heavy atom. The summed E-state index contributed by atoms with van der Waals surface area (Å²) in [6.07, 6.45) is 1.59. The van der Waals surface area contributed by atoms with Crippen LogP contribution in [0.1, 0.15) is 25.3 Å². The first-order chi connectivity index (χ1) is 10.2. The molecule has 2 aliphatic heterocycles. The third-order valence-electron chi connectivity index (χ3n) is 4.72. The molecule has 1 amide bonds. The molecule has 0 saturated carbocycles. The number of carbonyl (C=O) groups excluding carboxylic acids is 1. The first-order valence-corrected chi connectivity index (χ1v) is 7.82. The van der Waals surface area contributed by atoms with Crippen LogP contribution in [0.15, 0.2) is 30.3 Å². The normalized spacial score (nSPS) is 28.2. The van der Waals surface area contributed by atoms with E-state index in [1.165, 1.54) is 5.56 Å². The number of hydrogen-bond acceptors (Lipinski definition) is 3. The van der Waals surface area contributed by atoms with E-state index in [2.05, 4.69) is 36.5 Å².